The Balaban J connectivity index is 0.00000441. The molecule has 1 aromatic rings. The van der Waals surface area contributed by atoms with E-state index in [9.17, 15) is 13.2 Å². The van der Waals surface area contributed by atoms with Gasteiger partial charge < -0.3 is 11.1 Å². The summed E-state index contributed by atoms with van der Waals surface area (Å²) < 4.78 is 24.2. The first kappa shape index (κ1) is 20.9. The van der Waals surface area contributed by atoms with Crippen LogP contribution in [0.15, 0.2) is 35.2 Å². The van der Waals surface area contributed by atoms with Gasteiger partial charge in [0.05, 0.1) is 16.1 Å². The highest BCUT2D eigenvalue weighted by Crippen LogP contribution is 2.24. The standard InChI is InChI=1S/C15H24N2O3S.ClH/c1-3-15(4-2,12-16)14(18)17-10-11-21(19,20)13-8-6-5-7-9-13;/h5-9H,3-4,10-12,16H2,1-2H3,(H,17,18);1H. The van der Waals surface area contributed by atoms with Gasteiger partial charge in [-0.15, -0.1) is 12.4 Å². The first-order valence-corrected chi connectivity index (χ1v) is 8.83. The summed E-state index contributed by atoms with van der Waals surface area (Å²) in [5, 5.41) is 2.70. The van der Waals surface area contributed by atoms with Crippen LogP contribution in [0.5, 0.6) is 0 Å². The number of amides is 1. The maximum Gasteiger partial charge on any atom is 0.227 e. The van der Waals surface area contributed by atoms with E-state index >= 15 is 0 Å². The van der Waals surface area contributed by atoms with Gasteiger partial charge in [0.25, 0.3) is 0 Å². The van der Waals surface area contributed by atoms with E-state index in [1.165, 1.54) is 0 Å². The Hall–Kier alpha value is -1.11. The molecule has 3 N–H and O–H groups in total. The highest BCUT2D eigenvalue weighted by atomic mass is 35.5. The van der Waals surface area contributed by atoms with Gasteiger partial charge in [0.2, 0.25) is 5.91 Å². The van der Waals surface area contributed by atoms with E-state index in [4.69, 9.17) is 5.73 Å². The zero-order chi connectivity index (χ0) is 15.9. The molecular formula is C15H25ClN2O3S. The van der Waals surface area contributed by atoms with Crippen LogP contribution in [-0.4, -0.2) is 33.2 Å². The minimum atomic E-state index is -3.37. The molecule has 0 unspecified atom stereocenters. The van der Waals surface area contributed by atoms with Crippen molar-refractivity contribution >= 4 is 28.2 Å². The van der Waals surface area contributed by atoms with Crippen LogP contribution in [0.25, 0.3) is 0 Å². The quantitative estimate of drug-likeness (QED) is 0.749. The van der Waals surface area contributed by atoms with Gasteiger partial charge in [-0.2, -0.15) is 0 Å². The van der Waals surface area contributed by atoms with E-state index in [0.29, 0.717) is 12.8 Å². The monoisotopic (exact) mass is 348 g/mol. The van der Waals surface area contributed by atoms with Crippen molar-refractivity contribution in [1.29, 1.82) is 0 Å². The maximum absolute atomic E-state index is 12.2. The molecule has 126 valence electrons. The van der Waals surface area contributed by atoms with E-state index in [2.05, 4.69) is 5.32 Å². The number of hydrogen-bond acceptors (Lipinski definition) is 4. The number of hydrogen-bond donors (Lipinski definition) is 2. The lowest BCUT2D eigenvalue weighted by atomic mass is 9.81. The Labute approximate surface area is 139 Å². The summed E-state index contributed by atoms with van der Waals surface area (Å²) in [5.74, 6) is -0.283. The molecule has 7 heteroatoms. The normalized spacial score (nSPS) is 11.6. The van der Waals surface area contributed by atoms with E-state index in [0.717, 1.165) is 0 Å². The van der Waals surface area contributed by atoms with Crippen LogP contribution in [0, 0.1) is 5.41 Å². The average Bonchev–Trinajstić information content (AvgIpc) is 2.50. The molecule has 1 rings (SSSR count). The average molecular weight is 349 g/mol. The molecule has 5 nitrogen and oxygen atoms in total. The minimum absolute atomic E-state index is 0. The van der Waals surface area contributed by atoms with E-state index in [1.54, 1.807) is 30.3 Å². The van der Waals surface area contributed by atoms with Gasteiger partial charge in [-0.3, -0.25) is 4.79 Å². The third-order valence-electron chi connectivity index (χ3n) is 3.98. The fraction of sp³-hybridized carbons (Fsp3) is 0.533. The van der Waals surface area contributed by atoms with Crippen molar-refractivity contribution < 1.29 is 13.2 Å². The summed E-state index contributed by atoms with van der Waals surface area (Å²) in [6.07, 6.45) is 1.27. The molecular weight excluding hydrogens is 324 g/mol. The number of halogens is 1. The van der Waals surface area contributed by atoms with Crippen molar-refractivity contribution in [3.05, 3.63) is 30.3 Å². The van der Waals surface area contributed by atoms with Gasteiger partial charge in [-0.1, -0.05) is 32.0 Å². The van der Waals surface area contributed by atoms with Crippen molar-refractivity contribution in [2.75, 3.05) is 18.8 Å². The Morgan fingerprint density at radius 3 is 2.18 bits per heavy atom. The smallest absolute Gasteiger partial charge is 0.227 e. The van der Waals surface area contributed by atoms with E-state index < -0.39 is 15.3 Å². The first-order valence-electron chi connectivity index (χ1n) is 7.18. The number of sulfone groups is 1. The molecule has 22 heavy (non-hydrogen) atoms. The second-order valence-electron chi connectivity index (χ2n) is 5.08. The Bertz CT molecular complexity index is 549. The predicted molar refractivity (Wildman–Crippen MR) is 90.8 cm³/mol. The summed E-state index contributed by atoms with van der Waals surface area (Å²) in [4.78, 5) is 12.5. The molecule has 0 aliphatic rings. The molecule has 0 bridgehead atoms. The minimum Gasteiger partial charge on any atom is -0.355 e. The van der Waals surface area contributed by atoms with Crippen LogP contribution in [0.2, 0.25) is 0 Å². The number of nitrogens with one attached hydrogen (secondary N) is 1. The van der Waals surface area contributed by atoms with Gasteiger partial charge in [0.15, 0.2) is 9.84 Å². The van der Waals surface area contributed by atoms with Crippen molar-refractivity contribution in [1.82, 2.24) is 5.32 Å². The largest absolute Gasteiger partial charge is 0.355 e. The zero-order valence-electron chi connectivity index (χ0n) is 13.0. The molecule has 1 amide bonds. The van der Waals surface area contributed by atoms with Crippen LogP contribution >= 0.6 is 12.4 Å². The number of rotatable bonds is 8. The van der Waals surface area contributed by atoms with E-state index in [-0.39, 0.29) is 42.1 Å². The second-order valence-corrected chi connectivity index (χ2v) is 7.19. The SMILES string of the molecule is CCC(CC)(CN)C(=O)NCCS(=O)(=O)c1ccccc1.Cl. The molecule has 0 aliphatic heterocycles. The maximum atomic E-state index is 12.2. The lowest BCUT2D eigenvalue weighted by Crippen LogP contribution is -2.46. The molecule has 0 aromatic heterocycles. The molecule has 0 aliphatic carbocycles. The Kier molecular flexibility index (Phi) is 8.66. The number of carbonyl (C=O) groups is 1. The summed E-state index contributed by atoms with van der Waals surface area (Å²) in [5.41, 5.74) is 5.10. The number of carbonyl (C=O) groups excluding carboxylic acids is 1. The first-order chi connectivity index (χ1) is 9.91. The highest BCUT2D eigenvalue weighted by molar-refractivity contribution is 7.91. The lowest BCUT2D eigenvalue weighted by Gasteiger charge is -2.28. The second kappa shape index (κ2) is 9.12. The van der Waals surface area contributed by atoms with Gasteiger partial charge in [0.1, 0.15) is 0 Å². The van der Waals surface area contributed by atoms with Crippen molar-refractivity contribution in [2.45, 2.75) is 31.6 Å². The summed E-state index contributed by atoms with van der Waals surface area (Å²) in [6.45, 7) is 4.18. The summed E-state index contributed by atoms with van der Waals surface area (Å²) in [7, 11) is -3.37. The third kappa shape index (κ3) is 4.97. The van der Waals surface area contributed by atoms with Crippen LogP contribution < -0.4 is 11.1 Å². The number of benzene rings is 1. The van der Waals surface area contributed by atoms with Crippen molar-refractivity contribution in [3.63, 3.8) is 0 Å². The molecule has 0 heterocycles. The molecule has 0 saturated carbocycles. The van der Waals surface area contributed by atoms with Gasteiger partial charge in [-0.05, 0) is 25.0 Å². The Morgan fingerprint density at radius 1 is 1.18 bits per heavy atom. The number of nitrogens with two attached hydrogens (primary N) is 1. The van der Waals surface area contributed by atoms with Crippen LogP contribution in [-0.2, 0) is 14.6 Å². The lowest BCUT2D eigenvalue weighted by molar-refractivity contribution is -0.130. The predicted octanol–water partition coefficient (Wildman–Crippen LogP) is 1.76. The van der Waals surface area contributed by atoms with Crippen LogP contribution in [0.3, 0.4) is 0 Å². The molecule has 1 aromatic carbocycles. The van der Waals surface area contributed by atoms with Crippen molar-refractivity contribution in [3.8, 4) is 0 Å². The van der Waals surface area contributed by atoms with Gasteiger partial charge >= 0.3 is 0 Å². The third-order valence-corrected chi connectivity index (χ3v) is 5.72. The van der Waals surface area contributed by atoms with Crippen LogP contribution in [0.4, 0.5) is 0 Å². The van der Waals surface area contributed by atoms with Crippen molar-refractivity contribution in [2.24, 2.45) is 11.1 Å². The Morgan fingerprint density at radius 2 is 1.73 bits per heavy atom. The molecule has 0 radical (unpaired) electrons. The highest BCUT2D eigenvalue weighted by Gasteiger charge is 2.33. The topological polar surface area (TPSA) is 89.3 Å². The fourth-order valence-electron chi connectivity index (χ4n) is 2.18. The molecule has 0 atom stereocenters. The molecule has 0 saturated heterocycles. The summed E-state index contributed by atoms with van der Waals surface area (Å²) in [6, 6.07) is 8.23. The van der Waals surface area contributed by atoms with Crippen LogP contribution in [0.1, 0.15) is 26.7 Å². The molecule has 0 fully saturated rings. The van der Waals surface area contributed by atoms with E-state index in [1.807, 2.05) is 13.8 Å². The fourth-order valence-corrected chi connectivity index (χ4v) is 3.36. The molecule has 0 spiro atoms. The summed E-state index contributed by atoms with van der Waals surface area (Å²) >= 11 is 0. The van der Waals surface area contributed by atoms with Gasteiger partial charge in [-0.25, -0.2) is 8.42 Å². The zero-order valence-corrected chi connectivity index (χ0v) is 14.7. The van der Waals surface area contributed by atoms with Gasteiger partial charge in [0, 0.05) is 13.1 Å².